The summed E-state index contributed by atoms with van der Waals surface area (Å²) in [5.74, 6) is 0.802. The monoisotopic (exact) mass is 313 g/mol. The van der Waals surface area contributed by atoms with Gasteiger partial charge in [0.1, 0.15) is 0 Å². The first-order valence-corrected chi connectivity index (χ1v) is 7.80. The fourth-order valence-corrected chi connectivity index (χ4v) is 2.26. The van der Waals surface area contributed by atoms with Crippen LogP contribution in [0.5, 0.6) is 11.5 Å². The van der Waals surface area contributed by atoms with Gasteiger partial charge >= 0.3 is 0 Å². The second-order valence-electron chi connectivity index (χ2n) is 4.74. The molecule has 0 fully saturated rings. The Labute approximate surface area is 131 Å². The summed E-state index contributed by atoms with van der Waals surface area (Å²) >= 11 is 6.15. The molecule has 1 N–H and O–H groups in total. The van der Waals surface area contributed by atoms with Gasteiger partial charge in [0.15, 0.2) is 11.5 Å². The number of amides is 1. The first-order chi connectivity index (χ1) is 10.1. The van der Waals surface area contributed by atoms with Crippen molar-refractivity contribution >= 4 is 17.5 Å². The Kier molecular flexibility index (Phi) is 7.98. The standard InChI is InChI=1S/C16H24ClNO3/c1-4-6-7-8-9-18-16(19)12-10-13(17)15(21-5-2)14(11-12)20-3/h10-11H,4-9H2,1-3H3,(H,18,19). The third-order valence-corrected chi connectivity index (χ3v) is 3.38. The highest BCUT2D eigenvalue weighted by Gasteiger charge is 2.15. The van der Waals surface area contributed by atoms with Crippen LogP contribution in [0.4, 0.5) is 0 Å². The van der Waals surface area contributed by atoms with Crippen LogP contribution in [0.3, 0.4) is 0 Å². The lowest BCUT2D eigenvalue weighted by atomic mass is 10.1. The lowest BCUT2D eigenvalue weighted by molar-refractivity contribution is 0.0952. The number of benzene rings is 1. The van der Waals surface area contributed by atoms with E-state index in [1.165, 1.54) is 20.0 Å². The maximum absolute atomic E-state index is 12.1. The van der Waals surface area contributed by atoms with E-state index in [1.807, 2.05) is 6.92 Å². The SMILES string of the molecule is CCCCCCNC(=O)c1cc(Cl)c(OCC)c(OC)c1. The Morgan fingerprint density at radius 2 is 2.00 bits per heavy atom. The highest BCUT2D eigenvalue weighted by molar-refractivity contribution is 6.32. The molecule has 21 heavy (non-hydrogen) atoms. The van der Waals surface area contributed by atoms with Crippen LogP contribution in [0.15, 0.2) is 12.1 Å². The molecular weight excluding hydrogens is 290 g/mol. The number of unbranched alkanes of at least 4 members (excludes halogenated alkanes) is 3. The molecule has 1 rings (SSSR count). The third kappa shape index (κ3) is 5.46. The number of hydrogen-bond donors (Lipinski definition) is 1. The minimum absolute atomic E-state index is 0.144. The van der Waals surface area contributed by atoms with Gasteiger partial charge in [-0.2, -0.15) is 0 Å². The van der Waals surface area contributed by atoms with E-state index in [2.05, 4.69) is 12.2 Å². The van der Waals surface area contributed by atoms with Gasteiger partial charge in [-0.3, -0.25) is 4.79 Å². The van der Waals surface area contributed by atoms with Crippen molar-refractivity contribution in [2.75, 3.05) is 20.3 Å². The Bertz CT molecular complexity index is 463. The molecule has 1 aromatic carbocycles. The summed E-state index contributed by atoms with van der Waals surface area (Å²) in [7, 11) is 1.53. The molecule has 0 bridgehead atoms. The van der Waals surface area contributed by atoms with Gasteiger partial charge in [0.05, 0.1) is 18.7 Å². The Hall–Kier alpha value is -1.42. The number of nitrogens with one attached hydrogen (secondary N) is 1. The average molecular weight is 314 g/mol. The van der Waals surface area contributed by atoms with Crippen LogP contribution in [-0.2, 0) is 0 Å². The van der Waals surface area contributed by atoms with E-state index in [9.17, 15) is 4.79 Å². The lowest BCUT2D eigenvalue weighted by Gasteiger charge is -2.13. The second-order valence-corrected chi connectivity index (χ2v) is 5.15. The zero-order valence-electron chi connectivity index (χ0n) is 13.0. The van der Waals surface area contributed by atoms with Crippen molar-refractivity contribution in [3.05, 3.63) is 22.7 Å². The van der Waals surface area contributed by atoms with E-state index < -0.39 is 0 Å². The fourth-order valence-electron chi connectivity index (χ4n) is 1.99. The molecule has 0 aliphatic heterocycles. The summed E-state index contributed by atoms with van der Waals surface area (Å²) in [6, 6.07) is 3.26. The minimum Gasteiger partial charge on any atom is -0.493 e. The van der Waals surface area contributed by atoms with Gasteiger partial charge in [-0.1, -0.05) is 37.8 Å². The van der Waals surface area contributed by atoms with Crippen LogP contribution in [-0.4, -0.2) is 26.2 Å². The molecule has 5 heteroatoms. The Morgan fingerprint density at radius 1 is 1.24 bits per heavy atom. The number of carbonyl (C=O) groups excluding carboxylic acids is 1. The third-order valence-electron chi connectivity index (χ3n) is 3.10. The van der Waals surface area contributed by atoms with Crippen LogP contribution in [0.2, 0.25) is 5.02 Å². The average Bonchev–Trinajstić information content (AvgIpc) is 2.48. The molecule has 4 nitrogen and oxygen atoms in total. The van der Waals surface area contributed by atoms with Gasteiger partial charge in [0.2, 0.25) is 0 Å². The van der Waals surface area contributed by atoms with Crippen molar-refractivity contribution in [1.82, 2.24) is 5.32 Å². The van der Waals surface area contributed by atoms with Crippen molar-refractivity contribution in [2.24, 2.45) is 0 Å². The van der Waals surface area contributed by atoms with Crippen LogP contribution < -0.4 is 14.8 Å². The molecule has 0 aromatic heterocycles. The predicted molar refractivity (Wildman–Crippen MR) is 85.6 cm³/mol. The Morgan fingerprint density at radius 3 is 2.62 bits per heavy atom. The van der Waals surface area contributed by atoms with E-state index in [1.54, 1.807) is 12.1 Å². The summed E-state index contributed by atoms with van der Waals surface area (Å²) < 4.78 is 10.7. The molecule has 0 aliphatic carbocycles. The summed E-state index contributed by atoms with van der Waals surface area (Å²) in [5, 5.41) is 3.28. The van der Waals surface area contributed by atoms with Crippen molar-refractivity contribution in [2.45, 2.75) is 39.5 Å². The van der Waals surface area contributed by atoms with E-state index in [-0.39, 0.29) is 5.91 Å². The summed E-state index contributed by atoms with van der Waals surface area (Å²) in [6.07, 6.45) is 4.49. The van der Waals surface area contributed by atoms with E-state index in [0.717, 1.165) is 12.8 Å². The topological polar surface area (TPSA) is 47.6 Å². The fraction of sp³-hybridized carbons (Fsp3) is 0.562. The van der Waals surface area contributed by atoms with Gasteiger partial charge in [-0.05, 0) is 25.5 Å². The molecule has 0 spiro atoms. The number of carbonyl (C=O) groups is 1. The molecule has 0 atom stereocenters. The molecule has 0 saturated heterocycles. The van der Waals surface area contributed by atoms with E-state index >= 15 is 0 Å². The number of hydrogen-bond acceptors (Lipinski definition) is 3. The molecule has 1 amide bonds. The van der Waals surface area contributed by atoms with Gasteiger partial charge in [-0.25, -0.2) is 0 Å². The molecule has 118 valence electrons. The van der Waals surface area contributed by atoms with Crippen LogP contribution in [0.25, 0.3) is 0 Å². The van der Waals surface area contributed by atoms with Gasteiger partial charge in [-0.15, -0.1) is 0 Å². The lowest BCUT2D eigenvalue weighted by Crippen LogP contribution is -2.24. The molecule has 0 aliphatic rings. The van der Waals surface area contributed by atoms with Crippen molar-refractivity contribution < 1.29 is 14.3 Å². The highest BCUT2D eigenvalue weighted by Crippen LogP contribution is 2.36. The van der Waals surface area contributed by atoms with Crippen molar-refractivity contribution in [1.29, 1.82) is 0 Å². The molecular formula is C16H24ClNO3. The largest absolute Gasteiger partial charge is 0.493 e. The number of halogens is 1. The maximum Gasteiger partial charge on any atom is 0.251 e. The van der Waals surface area contributed by atoms with Gasteiger partial charge in [0.25, 0.3) is 5.91 Å². The molecule has 1 aromatic rings. The molecule has 0 saturated carbocycles. The van der Waals surface area contributed by atoms with Gasteiger partial charge < -0.3 is 14.8 Å². The number of ether oxygens (including phenoxy) is 2. The zero-order valence-corrected chi connectivity index (χ0v) is 13.8. The van der Waals surface area contributed by atoms with E-state index in [0.29, 0.717) is 35.2 Å². The van der Waals surface area contributed by atoms with Crippen molar-refractivity contribution in [3.63, 3.8) is 0 Å². The second kappa shape index (κ2) is 9.50. The van der Waals surface area contributed by atoms with Crippen molar-refractivity contribution in [3.8, 4) is 11.5 Å². The summed E-state index contributed by atoms with van der Waals surface area (Å²) in [6.45, 7) is 5.19. The number of methoxy groups -OCH3 is 1. The van der Waals surface area contributed by atoms with Crippen LogP contribution in [0.1, 0.15) is 49.9 Å². The Balaban J connectivity index is 2.70. The van der Waals surface area contributed by atoms with Gasteiger partial charge in [0, 0.05) is 12.1 Å². The highest BCUT2D eigenvalue weighted by atomic mass is 35.5. The quantitative estimate of drug-likeness (QED) is 0.699. The summed E-state index contributed by atoms with van der Waals surface area (Å²) in [4.78, 5) is 12.1. The van der Waals surface area contributed by atoms with Crippen LogP contribution >= 0.6 is 11.6 Å². The smallest absolute Gasteiger partial charge is 0.251 e. The minimum atomic E-state index is -0.144. The zero-order chi connectivity index (χ0) is 15.7. The maximum atomic E-state index is 12.1. The predicted octanol–water partition coefficient (Wildman–Crippen LogP) is 4.06. The first-order valence-electron chi connectivity index (χ1n) is 7.42. The summed E-state index contributed by atoms with van der Waals surface area (Å²) in [5.41, 5.74) is 0.482. The molecule has 0 unspecified atom stereocenters. The first kappa shape index (κ1) is 17.6. The van der Waals surface area contributed by atoms with E-state index in [4.69, 9.17) is 21.1 Å². The van der Waals surface area contributed by atoms with Crippen LogP contribution in [0, 0.1) is 0 Å². The molecule has 0 radical (unpaired) electrons. The number of rotatable bonds is 9. The molecule has 0 heterocycles. The normalized spacial score (nSPS) is 10.3.